The van der Waals surface area contributed by atoms with Crippen LogP contribution in [-0.2, 0) is 14.3 Å². The highest BCUT2D eigenvalue weighted by atomic mass is 16.7. The summed E-state index contributed by atoms with van der Waals surface area (Å²) in [5.41, 5.74) is 0. The zero-order valence-electron chi connectivity index (χ0n) is 27.4. The van der Waals surface area contributed by atoms with Crippen molar-refractivity contribution in [1.82, 2.24) is 5.32 Å². The molecule has 7 atom stereocenters. The fourth-order valence-electron chi connectivity index (χ4n) is 5.07. The maximum atomic E-state index is 12.8. The number of unbranched alkanes of at least 4 members (excludes halogenated alkanes) is 12. The molecular weight excluding hydrogens is 562 g/mol. The van der Waals surface area contributed by atoms with E-state index in [-0.39, 0.29) is 12.5 Å². The smallest absolute Gasteiger partial charge is 0.220 e. The lowest BCUT2D eigenvalue weighted by Gasteiger charge is -2.40. The van der Waals surface area contributed by atoms with E-state index in [1.54, 1.807) is 6.08 Å². The van der Waals surface area contributed by atoms with Gasteiger partial charge in [-0.3, -0.25) is 4.79 Å². The van der Waals surface area contributed by atoms with E-state index in [0.29, 0.717) is 6.42 Å². The fraction of sp³-hybridized carbons (Fsp3) is 0.800. The quantitative estimate of drug-likeness (QED) is 0.0582. The van der Waals surface area contributed by atoms with Crippen LogP contribution in [0.1, 0.15) is 123 Å². The summed E-state index contributed by atoms with van der Waals surface area (Å²) in [6.07, 6.45) is 22.0. The first-order valence-electron chi connectivity index (χ1n) is 17.2. The lowest BCUT2D eigenvalue weighted by atomic mass is 9.99. The summed E-state index contributed by atoms with van der Waals surface area (Å²) in [4.78, 5) is 12.8. The topological polar surface area (TPSA) is 149 Å². The summed E-state index contributed by atoms with van der Waals surface area (Å²) >= 11 is 0. The molecule has 9 nitrogen and oxygen atoms in total. The van der Waals surface area contributed by atoms with Gasteiger partial charge in [-0.05, 0) is 38.5 Å². The summed E-state index contributed by atoms with van der Waals surface area (Å²) in [6, 6.07) is -0.820. The van der Waals surface area contributed by atoms with Gasteiger partial charge in [0.15, 0.2) is 6.29 Å². The van der Waals surface area contributed by atoms with Crippen LogP contribution < -0.4 is 5.32 Å². The molecule has 1 aliphatic rings. The summed E-state index contributed by atoms with van der Waals surface area (Å²) in [6.45, 7) is 3.61. The van der Waals surface area contributed by atoms with E-state index in [9.17, 15) is 30.3 Å². The van der Waals surface area contributed by atoms with Crippen LogP contribution in [0.2, 0.25) is 0 Å². The maximum absolute atomic E-state index is 12.8. The van der Waals surface area contributed by atoms with Crippen molar-refractivity contribution in [3.63, 3.8) is 0 Å². The molecule has 7 unspecified atom stereocenters. The number of carbonyl (C=O) groups is 1. The van der Waals surface area contributed by atoms with Gasteiger partial charge in [0.05, 0.1) is 25.4 Å². The van der Waals surface area contributed by atoms with Gasteiger partial charge >= 0.3 is 0 Å². The molecule has 1 heterocycles. The van der Waals surface area contributed by atoms with Crippen LogP contribution in [0.15, 0.2) is 36.5 Å². The first-order chi connectivity index (χ1) is 21.3. The first-order valence-corrected chi connectivity index (χ1v) is 17.2. The third kappa shape index (κ3) is 18.4. The van der Waals surface area contributed by atoms with Crippen LogP contribution in [0, 0.1) is 0 Å². The van der Waals surface area contributed by atoms with Gasteiger partial charge in [-0.1, -0.05) is 115 Å². The van der Waals surface area contributed by atoms with Crippen molar-refractivity contribution < 1.29 is 39.8 Å². The van der Waals surface area contributed by atoms with Crippen LogP contribution in [0.4, 0.5) is 0 Å². The second kappa shape index (κ2) is 26.6. The second-order valence-corrected chi connectivity index (χ2v) is 11.9. The minimum Gasteiger partial charge on any atom is -0.394 e. The van der Waals surface area contributed by atoms with Gasteiger partial charge in [0.2, 0.25) is 5.91 Å². The highest BCUT2D eigenvalue weighted by Gasteiger charge is 2.44. The molecule has 0 bridgehead atoms. The lowest BCUT2D eigenvalue weighted by molar-refractivity contribution is -0.302. The summed E-state index contributed by atoms with van der Waals surface area (Å²) in [7, 11) is 0. The normalized spacial score (nSPS) is 24.0. The molecule has 6 N–H and O–H groups in total. The van der Waals surface area contributed by atoms with Gasteiger partial charge in [-0.15, -0.1) is 0 Å². The number of aliphatic hydroxyl groups is 5. The number of rotatable bonds is 26. The molecule has 1 aliphatic heterocycles. The maximum Gasteiger partial charge on any atom is 0.220 e. The molecule has 1 amide bonds. The van der Waals surface area contributed by atoms with E-state index in [2.05, 4.69) is 43.5 Å². The zero-order valence-corrected chi connectivity index (χ0v) is 27.4. The molecule has 0 saturated carbocycles. The Labute approximate surface area is 266 Å². The summed E-state index contributed by atoms with van der Waals surface area (Å²) < 4.78 is 11.1. The molecule has 0 radical (unpaired) electrons. The van der Waals surface area contributed by atoms with Crippen molar-refractivity contribution in [2.45, 2.75) is 166 Å². The van der Waals surface area contributed by atoms with Crippen molar-refractivity contribution >= 4 is 5.91 Å². The average Bonchev–Trinajstić information content (AvgIpc) is 3.02. The lowest BCUT2D eigenvalue weighted by Crippen LogP contribution is -2.60. The molecule has 44 heavy (non-hydrogen) atoms. The van der Waals surface area contributed by atoms with Crippen LogP contribution in [0.3, 0.4) is 0 Å². The molecule has 0 aliphatic carbocycles. The van der Waals surface area contributed by atoms with Gasteiger partial charge < -0.3 is 40.3 Å². The number of ether oxygens (including phenoxy) is 2. The number of carbonyl (C=O) groups excluding carboxylic acids is 1. The van der Waals surface area contributed by atoms with Crippen molar-refractivity contribution in [2.75, 3.05) is 13.2 Å². The number of allylic oxidation sites excluding steroid dienone is 5. The predicted octanol–water partition coefficient (Wildman–Crippen LogP) is 4.99. The van der Waals surface area contributed by atoms with E-state index in [0.717, 1.165) is 57.8 Å². The molecular formula is C35H63NO8. The van der Waals surface area contributed by atoms with Crippen LogP contribution in [-0.4, -0.2) is 87.5 Å². The van der Waals surface area contributed by atoms with Gasteiger partial charge in [0.1, 0.15) is 24.4 Å². The van der Waals surface area contributed by atoms with E-state index < -0.39 is 49.5 Å². The Balaban J connectivity index is 2.57. The molecule has 1 fully saturated rings. The highest BCUT2D eigenvalue weighted by molar-refractivity contribution is 5.76. The number of hydrogen-bond acceptors (Lipinski definition) is 8. The number of aliphatic hydroxyl groups excluding tert-OH is 5. The molecule has 1 rings (SSSR count). The fourth-order valence-corrected chi connectivity index (χ4v) is 5.07. The monoisotopic (exact) mass is 625 g/mol. The Kier molecular flexibility index (Phi) is 24.5. The Morgan fingerprint density at radius 1 is 0.750 bits per heavy atom. The Morgan fingerprint density at radius 3 is 1.86 bits per heavy atom. The third-order valence-corrected chi connectivity index (χ3v) is 7.93. The SMILES string of the molecule is CCC/C=C/CC/C=C/CC/C=C/C(O)C(COC1OC(CO)C(O)C(O)C1O)NC(=O)CCCCCCCCCCCC. The van der Waals surface area contributed by atoms with Crippen molar-refractivity contribution in [3.05, 3.63) is 36.5 Å². The van der Waals surface area contributed by atoms with E-state index >= 15 is 0 Å². The van der Waals surface area contributed by atoms with Crippen LogP contribution in [0.25, 0.3) is 0 Å². The number of nitrogens with one attached hydrogen (secondary N) is 1. The Morgan fingerprint density at radius 2 is 1.30 bits per heavy atom. The minimum atomic E-state index is -1.57. The summed E-state index contributed by atoms with van der Waals surface area (Å²) in [5.74, 6) is -0.199. The second-order valence-electron chi connectivity index (χ2n) is 11.9. The van der Waals surface area contributed by atoms with E-state index in [4.69, 9.17) is 9.47 Å². The standard InChI is InChI=1S/C35H63NO8/c1-3-5-7-9-11-13-15-16-18-20-22-24-29(38)28(27-43-35-34(42)33(41)32(40)30(26-37)44-35)36-31(39)25-23-21-19-17-14-12-10-8-6-4-2/h7,9,15-16,22,24,28-30,32-35,37-38,40-42H,3-6,8,10-14,17-21,23,25-27H2,1-2H3,(H,36,39)/b9-7+,16-15+,24-22+. The van der Waals surface area contributed by atoms with Crippen molar-refractivity contribution in [2.24, 2.45) is 0 Å². The number of amides is 1. The van der Waals surface area contributed by atoms with Gasteiger partial charge in [-0.25, -0.2) is 0 Å². The van der Waals surface area contributed by atoms with Crippen LogP contribution >= 0.6 is 0 Å². The largest absolute Gasteiger partial charge is 0.394 e. The first kappa shape index (κ1) is 40.4. The number of hydrogen-bond donors (Lipinski definition) is 6. The Bertz CT molecular complexity index is 787. The van der Waals surface area contributed by atoms with Gasteiger partial charge in [0.25, 0.3) is 0 Å². The molecule has 0 spiro atoms. The zero-order chi connectivity index (χ0) is 32.4. The molecule has 0 aromatic carbocycles. The molecule has 256 valence electrons. The summed E-state index contributed by atoms with van der Waals surface area (Å²) in [5, 5.41) is 53.6. The van der Waals surface area contributed by atoms with Crippen LogP contribution in [0.5, 0.6) is 0 Å². The Hall–Kier alpha value is -1.59. The van der Waals surface area contributed by atoms with Gasteiger partial charge in [-0.2, -0.15) is 0 Å². The van der Waals surface area contributed by atoms with E-state index in [1.165, 1.54) is 44.9 Å². The molecule has 0 aromatic heterocycles. The predicted molar refractivity (Wildman–Crippen MR) is 175 cm³/mol. The highest BCUT2D eigenvalue weighted by Crippen LogP contribution is 2.22. The molecule has 1 saturated heterocycles. The van der Waals surface area contributed by atoms with Crippen molar-refractivity contribution in [1.29, 1.82) is 0 Å². The van der Waals surface area contributed by atoms with Crippen molar-refractivity contribution in [3.8, 4) is 0 Å². The average molecular weight is 626 g/mol. The molecule has 9 heteroatoms. The molecule has 0 aromatic rings. The van der Waals surface area contributed by atoms with Gasteiger partial charge in [0, 0.05) is 6.42 Å². The third-order valence-electron chi connectivity index (χ3n) is 7.93. The minimum absolute atomic E-state index is 0.199. The van der Waals surface area contributed by atoms with E-state index in [1.807, 2.05) is 6.08 Å².